The van der Waals surface area contributed by atoms with Gasteiger partial charge in [-0.3, -0.25) is 0 Å². The van der Waals surface area contributed by atoms with E-state index in [1.165, 1.54) is 0 Å². The third-order valence-corrected chi connectivity index (χ3v) is 19.5. The Hall–Kier alpha value is 1.19. The predicted molar refractivity (Wildman–Crippen MR) is 123 cm³/mol. The van der Waals surface area contributed by atoms with Gasteiger partial charge in [-0.1, -0.05) is 19.5 Å². The van der Waals surface area contributed by atoms with Gasteiger partial charge >= 0.3 is 8.56 Å². The predicted octanol–water partition coefficient (Wildman–Crippen LogP) is 3.85. The van der Waals surface area contributed by atoms with Crippen molar-refractivity contribution in [2.75, 3.05) is 28.4 Å². The smallest absolute Gasteiger partial charge is 0.334 e. The minimum absolute atomic E-state index is 0.262. The number of hydrogen-bond acceptors (Lipinski definition) is 6. The molecule has 0 saturated carbocycles. The summed E-state index contributed by atoms with van der Waals surface area (Å²) in [6, 6.07) is 1.02. The van der Waals surface area contributed by atoms with Crippen molar-refractivity contribution in [2.45, 2.75) is 73.4 Å². The fourth-order valence-electron chi connectivity index (χ4n) is 2.89. The third-order valence-electron chi connectivity index (χ3n) is 5.61. The van der Waals surface area contributed by atoms with Gasteiger partial charge in [0.15, 0.2) is 0 Å². The van der Waals surface area contributed by atoms with E-state index in [9.17, 15) is 0 Å². The number of ether oxygens (including phenoxy) is 1. The largest absolute Gasteiger partial charge is 0.421 e. The summed E-state index contributed by atoms with van der Waals surface area (Å²) in [6.45, 7) is 9.13. The van der Waals surface area contributed by atoms with Crippen LogP contribution in [0.4, 0.5) is 0 Å². The lowest BCUT2D eigenvalue weighted by Gasteiger charge is -2.36. The van der Waals surface area contributed by atoms with Crippen molar-refractivity contribution >= 4 is 50.9 Å². The summed E-state index contributed by atoms with van der Waals surface area (Å²) in [6.07, 6.45) is 4.30. The fourth-order valence-corrected chi connectivity index (χ4v) is 9.73. The van der Waals surface area contributed by atoms with Gasteiger partial charge in [0, 0.05) is 28.4 Å². The summed E-state index contributed by atoms with van der Waals surface area (Å²) in [5.74, 6) is 0. The summed E-state index contributed by atoms with van der Waals surface area (Å²) in [5.41, 5.74) is 0.262. The molecule has 0 aromatic rings. The van der Waals surface area contributed by atoms with E-state index in [1.54, 1.807) is 28.4 Å². The Morgan fingerprint density at radius 3 is 1.84 bits per heavy atom. The van der Waals surface area contributed by atoms with Crippen molar-refractivity contribution in [2.24, 2.45) is 0 Å². The van der Waals surface area contributed by atoms with Crippen molar-refractivity contribution in [1.82, 2.24) is 0 Å². The highest BCUT2D eigenvalue weighted by Crippen LogP contribution is 2.30. The van der Waals surface area contributed by atoms with E-state index in [0.717, 1.165) is 31.7 Å². The van der Waals surface area contributed by atoms with Crippen molar-refractivity contribution in [1.29, 1.82) is 0 Å². The molecule has 0 aromatic carbocycles. The quantitative estimate of drug-likeness (QED) is 0.315. The average Bonchev–Trinajstić information content (AvgIpc) is 2.60. The van der Waals surface area contributed by atoms with Crippen molar-refractivity contribution in [3.05, 3.63) is 0 Å². The topological polar surface area (TPSA) is 36.9 Å². The molecule has 0 fully saturated rings. The van der Waals surface area contributed by atoms with Gasteiger partial charge in [-0.05, 0) is 48.1 Å². The first kappa shape index (κ1) is 26.2. The maximum absolute atomic E-state index is 5.63. The number of hydrogen-bond donors (Lipinski definition) is 2. The molecule has 0 aliphatic heterocycles. The van der Waals surface area contributed by atoms with Crippen molar-refractivity contribution in [3.8, 4) is 0 Å². The van der Waals surface area contributed by atoms with E-state index in [1.807, 2.05) is 0 Å². The van der Waals surface area contributed by atoms with Gasteiger partial charge in [0.05, 0.1) is 13.8 Å². The molecule has 0 bridgehead atoms. The Bertz CT molecular complexity index is 360. The Labute approximate surface area is 170 Å². The minimum atomic E-state index is -1.97. The maximum Gasteiger partial charge on any atom is 0.334 e. The second-order valence-corrected chi connectivity index (χ2v) is 21.0. The molecular formula is C16H40O4S2Si3. The molecule has 0 rings (SSSR count). The Balaban J connectivity index is 4.51. The lowest BCUT2D eigenvalue weighted by Crippen LogP contribution is -2.48. The highest BCUT2D eigenvalue weighted by molar-refractivity contribution is 7.86. The van der Waals surface area contributed by atoms with Crippen molar-refractivity contribution < 1.29 is 18.0 Å². The molecule has 0 radical (unpaired) electrons. The molecular weight excluding hydrogens is 405 g/mol. The van der Waals surface area contributed by atoms with Gasteiger partial charge in [-0.25, -0.2) is 0 Å². The summed E-state index contributed by atoms with van der Waals surface area (Å²) < 4.78 is 22.3. The van der Waals surface area contributed by atoms with Gasteiger partial charge in [0.2, 0.25) is 9.04 Å². The summed E-state index contributed by atoms with van der Waals surface area (Å²) >= 11 is 9.93. The molecule has 152 valence electrons. The van der Waals surface area contributed by atoms with E-state index in [-0.39, 0.29) is 5.73 Å². The zero-order valence-corrected chi connectivity index (χ0v) is 22.3. The van der Waals surface area contributed by atoms with Crippen LogP contribution in [0.15, 0.2) is 0 Å². The van der Waals surface area contributed by atoms with Gasteiger partial charge in [-0.15, -0.1) is 0 Å². The van der Waals surface area contributed by atoms with Gasteiger partial charge in [0.1, 0.15) is 0 Å². The molecule has 0 N–H and O–H groups in total. The molecule has 0 spiro atoms. The standard InChI is InChI=1S/C16H40O4S2Si3/c1-17-14(23(5)18-2)11-12-16(22)24(6,7)15(21)10-9-13-25(8,19-3)20-4/h14-16,21-23H,9-13H2,1-8H3. The summed E-state index contributed by atoms with van der Waals surface area (Å²) in [7, 11) is 2.30. The van der Waals surface area contributed by atoms with Crippen LogP contribution in [0.25, 0.3) is 0 Å². The van der Waals surface area contributed by atoms with Crippen LogP contribution in [0.2, 0.25) is 32.2 Å². The summed E-state index contributed by atoms with van der Waals surface area (Å²) in [5, 5.41) is 0. The molecule has 0 aliphatic carbocycles. The molecule has 4 unspecified atom stereocenters. The number of thiol groups is 2. The van der Waals surface area contributed by atoms with E-state index in [4.69, 9.17) is 43.3 Å². The van der Waals surface area contributed by atoms with Gasteiger partial charge < -0.3 is 18.0 Å². The highest BCUT2D eigenvalue weighted by Gasteiger charge is 2.37. The zero-order valence-electron chi connectivity index (χ0n) is 17.4. The first-order chi connectivity index (χ1) is 11.6. The van der Waals surface area contributed by atoms with Crippen LogP contribution < -0.4 is 0 Å². The summed E-state index contributed by atoms with van der Waals surface area (Å²) in [4.78, 5) is 0.847. The molecule has 4 nitrogen and oxygen atoms in total. The Morgan fingerprint density at radius 2 is 1.40 bits per heavy atom. The average molecular weight is 445 g/mol. The van der Waals surface area contributed by atoms with Crippen molar-refractivity contribution in [3.63, 3.8) is 0 Å². The highest BCUT2D eigenvalue weighted by atomic mass is 32.1. The second-order valence-electron chi connectivity index (χ2n) is 7.58. The van der Waals surface area contributed by atoms with Crippen LogP contribution in [0.3, 0.4) is 0 Å². The second kappa shape index (κ2) is 12.6. The monoisotopic (exact) mass is 444 g/mol. The first-order valence-electron chi connectivity index (χ1n) is 9.10. The van der Waals surface area contributed by atoms with Crippen LogP contribution >= 0.6 is 25.3 Å². The van der Waals surface area contributed by atoms with Gasteiger partial charge in [0.25, 0.3) is 0 Å². The van der Waals surface area contributed by atoms with Crippen LogP contribution in [-0.2, 0) is 18.0 Å². The lowest BCUT2D eigenvalue weighted by molar-refractivity contribution is 0.137. The third kappa shape index (κ3) is 8.82. The number of methoxy groups -OCH3 is 1. The molecule has 0 amide bonds. The minimum Gasteiger partial charge on any atom is -0.421 e. The maximum atomic E-state index is 5.63. The van der Waals surface area contributed by atoms with E-state index in [2.05, 4.69) is 26.2 Å². The van der Waals surface area contributed by atoms with Crippen LogP contribution in [0, 0.1) is 0 Å². The zero-order chi connectivity index (χ0) is 19.7. The first-order valence-corrected chi connectivity index (χ1v) is 18.1. The molecule has 0 heterocycles. The van der Waals surface area contributed by atoms with E-state index in [0.29, 0.717) is 9.75 Å². The van der Waals surface area contributed by atoms with Crippen LogP contribution in [0.5, 0.6) is 0 Å². The van der Waals surface area contributed by atoms with Gasteiger partial charge in [-0.2, -0.15) is 25.3 Å². The number of rotatable bonds is 14. The van der Waals surface area contributed by atoms with E-state index < -0.39 is 25.7 Å². The fraction of sp³-hybridized carbons (Fsp3) is 1.00. The Morgan fingerprint density at radius 1 is 0.880 bits per heavy atom. The molecule has 0 aromatic heterocycles. The molecule has 25 heavy (non-hydrogen) atoms. The Kier molecular flexibility index (Phi) is 13.2. The normalized spacial score (nSPS) is 18.0. The molecule has 0 saturated heterocycles. The van der Waals surface area contributed by atoms with E-state index >= 15 is 0 Å². The molecule has 4 atom stereocenters. The lowest BCUT2D eigenvalue weighted by atomic mass is 10.3. The molecule has 0 aliphatic rings. The van der Waals surface area contributed by atoms with Crippen LogP contribution in [-0.4, -0.2) is 69.6 Å². The van der Waals surface area contributed by atoms with Crippen LogP contribution in [0.1, 0.15) is 25.7 Å². The SMILES string of the molecule is COC(CCC(S)[Si](C)(C)C(S)CCC[Si](C)(OC)OC)[SiH](C)OC. The molecule has 9 heteroatoms.